The summed E-state index contributed by atoms with van der Waals surface area (Å²) in [6.45, 7) is -0.589. The van der Waals surface area contributed by atoms with Crippen LogP contribution >= 0.6 is 0 Å². The normalized spacial score (nSPS) is 12.2. The Morgan fingerprint density at radius 1 is 0.867 bits per heavy atom. The summed E-state index contributed by atoms with van der Waals surface area (Å²) in [5.41, 5.74) is 0.996. The second-order valence-corrected chi connectivity index (χ2v) is 6.73. The Morgan fingerprint density at radius 2 is 1.33 bits per heavy atom. The molecule has 156 valence electrons. The van der Waals surface area contributed by atoms with Gasteiger partial charge in [-0.3, -0.25) is 10.1 Å². The zero-order valence-corrected chi connectivity index (χ0v) is 16.9. The number of ether oxygens (including phenoxy) is 2. The van der Waals surface area contributed by atoms with E-state index in [0.29, 0.717) is 22.6 Å². The van der Waals surface area contributed by atoms with Crippen LogP contribution in [0.2, 0.25) is 0 Å². The van der Waals surface area contributed by atoms with Gasteiger partial charge in [-0.15, -0.1) is 0 Å². The van der Waals surface area contributed by atoms with E-state index in [0.717, 1.165) is 5.56 Å². The number of carboxylic acid groups (broad SMARTS) is 1. The van der Waals surface area contributed by atoms with Gasteiger partial charge in [0, 0.05) is 11.1 Å². The van der Waals surface area contributed by atoms with Crippen molar-refractivity contribution in [3.8, 4) is 11.5 Å². The van der Waals surface area contributed by atoms with Crippen LogP contribution in [0.4, 0.5) is 0 Å². The molecule has 0 unspecified atom stereocenters. The van der Waals surface area contributed by atoms with Gasteiger partial charge in [0.25, 0.3) is 0 Å². The number of hydrogen-bond donors (Lipinski definition) is 3. The molecular weight excluding hydrogens is 382 g/mol. The first-order valence-corrected chi connectivity index (χ1v) is 9.52. The molecule has 0 heterocycles. The molecule has 0 aliphatic rings. The van der Waals surface area contributed by atoms with Crippen molar-refractivity contribution in [1.29, 1.82) is 0 Å². The first-order valence-electron chi connectivity index (χ1n) is 9.52. The van der Waals surface area contributed by atoms with Crippen molar-refractivity contribution in [2.45, 2.75) is 11.6 Å². The first-order chi connectivity index (χ1) is 14.6. The summed E-state index contributed by atoms with van der Waals surface area (Å²) in [5, 5.41) is 22.8. The van der Waals surface area contributed by atoms with Crippen LogP contribution in [0.3, 0.4) is 0 Å². The van der Waals surface area contributed by atoms with Gasteiger partial charge in [0.2, 0.25) is 0 Å². The minimum absolute atomic E-state index is 0.571. The van der Waals surface area contributed by atoms with Gasteiger partial charge < -0.3 is 19.7 Å². The molecule has 0 radical (unpaired) electrons. The lowest BCUT2D eigenvalue weighted by Gasteiger charge is -2.40. The zero-order chi connectivity index (χ0) is 21.6. The van der Waals surface area contributed by atoms with E-state index in [1.54, 1.807) is 14.2 Å². The van der Waals surface area contributed by atoms with E-state index >= 15 is 0 Å². The maximum absolute atomic E-state index is 11.9. The Balaban J connectivity index is 2.44. The number of para-hydroxylation sites is 2. The van der Waals surface area contributed by atoms with E-state index in [-0.39, 0.29) is 0 Å². The minimum atomic E-state index is -1.24. The molecule has 0 saturated heterocycles. The van der Waals surface area contributed by atoms with E-state index < -0.39 is 24.2 Å². The fourth-order valence-electron chi connectivity index (χ4n) is 3.74. The second-order valence-electron chi connectivity index (χ2n) is 6.73. The van der Waals surface area contributed by atoms with Crippen LogP contribution in [0, 0.1) is 0 Å². The standard InChI is InChI=1S/C24H25NO5/c1-29-21-14-8-6-12-18(21)24(17-10-4-3-5-11-17,25-20(16-26)23(27)28)19-13-7-9-15-22(19)30-2/h3-15,20,25-26H,16H2,1-2H3,(H,27,28)/t20-/m0/s1. The van der Waals surface area contributed by atoms with Crippen LogP contribution in [-0.2, 0) is 10.3 Å². The first kappa shape index (κ1) is 21.4. The van der Waals surface area contributed by atoms with Crippen LogP contribution in [0.25, 0.3) is 0 Å². The Bertz CT molecular complexity index is 942. The summed E-state index contributed by atoms with van der Waals surface area (Å²) in [6.07, 6.45) is 0. The highest BCUT2D eigenvalue weighted by Gasteiger charge is 2.43. The summed E-state index contributed by atoms with van der Waals surface area (Å²) >= 11 is 0. The van der Waals surface area contributed by atoms with Crippen molar-refractivity contribution in [2.24, 2.45) is 0 Å². The topological polar surface area (TPSA) is 88.0 Å². The summed E-state index contributed by atoms with van der Waals surface area (Å²) in [7, 11) is 3.13. The zero-order valence-electron chi connectivity index (χ0n) is 16.9. The SMILES string of the molecule is COc1ccccc1C(N[C@@H](CO)C(=O)O)(c1ccccc1)c1ccccc1OC. The van der Waals surface area contributed by atoms with Crippen LogP contribution in [0.15, 0.2) is 78.9 Å². The number of hydrogen-bond acceptors (Lipinski definition) is 5. The molecule has 0 fully saturated rings. The average molecular weight is 407 g/mol. The van der Waals surface area contributed by atoms with Crippen LogP contribution in [0.1, 0.15) is 16.7 Å². The van der Waals surface area contributed by atoms with Gasteiger partial charge in [0.05, 0.1) is 20.8 Å². The summed E-state index contributed by atoms with van der Waals surface area (Å²) < 4.78 is 11.3. The van der Waals surface area contributed by atoms with Gasteiger partial charge in [-0.05, 0) is 17.7 Å². The lowest BCUT2D eigenvalue weighted by Crippen LogP contribution is -2.54. The third-order valence-electron chi connectivity index (χ3n) is 5.10. The minimum Gasteiger partial charge on any atom is -0.496 e. The number of carboxylic acids is 1. The Morgan fingerprint density at radius 3 is 1.77 bits per heavy atom. The third-order valence-corrected chi connectivity index (χ3v) is 5.10. The molecule has 0 aliphatic carbocycles. The number of benzene rings is 3. The van der Waals surface area contributed by atoms with Crippen LogP contribution in [-0.4, -0.2) is 43.1 Å². The molecule has 0 spiro atoms. The van der Waals surface area contributed by atoms with E-state index in [9.17, 15) is 15.0 Å². The molecule has 30 heavy (non-hydrogen) atoms. The third kappa shape index (κ3) is 3.87. The number of aliphatic hydroxyl groups excluding tert-OH is 1. The quantitative estimate of drug-likeness (QED) is 0.473. The second kappa shape index (κ2) is 9.43. The Labute approximate surface area is 175 Å². The lowest BCUT2D eigenvalue weighted by atomic mass is 9.75. The monoisotopic (exact) mass is 407 g/mol. The largest absolute Gasteiger partial charge is 0.496 e. The highest BCUT2D eigenvalue weighted by molar-refractivity contribution is 5.74. The number of aliphatic carboxylic acids is 1. The van der Waals surface area contributed by atoms with E-state index in [4.69, 9.17) is 9.47 Å². The smallest absolute Gasteiger partial charge is 0.323 e. The fourth-order valence-corrected chi connectivity index (χ4v) is 3.74. The van der Waals surface area contributed by atoms with Crippen molar-refractivity contribution in [2.75, 3.05) is 20.8 Å². The molecule has 3 N–H and O–H groups in total. The number of carbonyl (C=O) groups is 1. The van der Waals surface area contributed by atoms with Gasteiger partial charge in [-0.1, -0.05) is 66.7 Å². The molecule has 3 aromatic rings. The lowest BCUT2D eigenvalue weighted by molar-refractivity contribution is -0.141. The molecule has 0 aromatic heterocycles. The number of aliphatic hydroxyl groups is 1. The highest BCUT2D eigenvalue weighted by Crippen LogP contribution is 2.44. The van der Waals surface area contributed by atoms with Crippen molar-refractivity contribution in [1.82, 2.24) is 5.32 Å². The Hall–Kier alpha value is -3.35. The summed E-state index contributed by atoms with van der Waals surface area (Å²) in [6, 6.07) is 23.0. The molecule has 3 rings (SSSR count). The maximum Gasteiger partial charge on any atom is 0.323 e. The van der Waals surface area contributed by atoms with E-state index in [1.807, 2.05) is 78.9 Å². The van der Waals surface area contributed by atoms with E-state index in [1.165, 1.54) is 0 Å². The number of methoxy groups -OCH3 is 2. The average Bonchev–Trinajstić information content (AvgIpc) is 2.80. The van der Waals surface area contributed by atoms with Gasteiger partial charge in [0.1, 0.15) is 23.1 Å². The van der Waals surface area contributed by atoms with Crippen molar-refractivity contribution in [3.63, 3.8) is 0 Å². The summed E-state index contributed by atoms with van der Waals surface area (Å²) in [5.74, 6) is -0.0220. The summed E-state index contributed by atoms with van der Waals surface area (Å²) in [4.78, 5) is 11.9. The van der Waals surface area contributed by atoms with Crippen LogP contribution in [0.5, 0.6) is 11.5 Å². The molecule has 6 heteroatoms. The predicted octanol–water partition coefficient (Wildman–Crippen LogP) is 3.03. The molecule has 3 aromatic carbocycles. The molecule has 0 bridgehead atoms. The molecule has 0 aliphatic heterocycles. The Kier molecular flexibility index (Phi) is 6.72. The van der Waals surface area contributed by atoms with Crippen molar-refractivity contribution in [3.05, 3.63) is 95.6 Å². The molecule has 0 amide bonds. The molecular formula is C24H25NO5. The fraction of sp³-hybridized carbons (Fsp3) is 0.208. The van der Waals surface area contributed by atoms with Crippen molar-refractivity contribution < 1.29 is 24.5 Å². The maximum atomic E-state index is 11.9. The molecule has 1 atom stereocenters. The number of rotatable bonds is 9. The molecule has 6 nitrogen and oxygen atoms in total. The van der Waals surface area contributed by atoms with Gasteiger partial charge in [-0.2, -0.15) is 0 Å². The number of nitrogens with one attached hydrogen (secondary N) is 1. The molecule has 0 saturated carbocycles. The van der Waals surface area contributed by atoms with Crippen LogP contribution < -0.4 is 14.8 Å². The predicted molar refractivity (Wildman–Crippen MR) is 114 cm³/mol. The van der Waals surface area contributed by atoms with Gasteiger partial charge >= 0.3 is 5.97 Å². The van der Waals surface area contributed by atoms with Crippen molar-refractivity contribution >= 4 is 5.97 Å². The highest BCUT2D eigenvalue weighted by atomic mass is 16.5. The van der Waals surface area contributed by atoms with Gasteiger partial charge in [0.15, 0.2) is 0 Å². The van der Waals surface area contributed by atoms with Gasteiger partial charge in [-0.25, -0.2) is 0 Å². The van der Waals surface area contributed by atoms with E-state index in [2.05, 4.69) is 5.32 Å².